The molecular weight excluding hydrogens is 319 g/mol. The van der Waals surface area contributed by atoms with Crippen molar-refractivity contribution in [3.05, 3.63) is 28.5 Å². The van der Waals surface area contributed by atoms with E-state index in [4.69, 9.17) is 16.7 Å². The Morgan fingerprint density at radius 3 is 2.43 bits per heavy atom. The zero-order valence-electron chi connectivity index (χ0n) is 12.4. The Morgan fingerprint density at radius 1 is 1.38 bits per heavy atom. The summed E-state index contributed by atoms with van der Waals surface area (Å²) in [5.41, 5.74) is -0.600. The van der Waals surface area contributed by atoms with E-state index in [9.17, 15) is 12.8 Å². The summed E-state index contributed by atoms with van der Waals surface area (Å²) in [5, 5.41) is 9.09. The van der Waals surface area contributed by atoms with Gasteiger partial charge in [-0.1, -0.05) is 11.6 Å². The fourth-order valence-electron chi connectivity index (χ4n) is 1.44. The Labute approximate surface area is 129 Å². The van der Waals surface area contributed by atoms with Crippen LogP contribution in [0.1, 0.15) is 19.4 Å². The molecule has 0 fully saturated rings. The highest BCUT2D eigenvalue weighted by molar-refractivity contribution is 7.89. The molecular formula is C13H20ClFN2O3S. The van der Waals surface area contributed by atoms with E-state index in [0.29, 0.717) is 0 Å². The van der Waals surface area contributed by atoms with Crippen LogP contribution in [0.25, 0.3) is 0 Å². The lowest BCUT2D eigenvalue weighted by atomic mass is 10.1. The minimum atomic E-state index is -4.06. The fourth-order valence-corrected chi connectivity index (χ4v) is 3.09. The van der Waals surface area contributed by atoms with Crippen LogP contribution in [0.15, 0.2) is 17.0 Å². The molecule has 0 unspecified atom stereocenters. The minimum absolute atomic E-state index is 0.0488. The van der Waals surface area contributed by atoms with Crippen LogP contribution in [0.4, 0.5) is 4.39 Å². The maximum absolute atomic E-state index is 14.1. The number of likely N-dealkylation sites (N-methyl/N-ethyl adjacent to an activating group) is 1. The normalized spacial score (nSPS) is 13.0. The zero-order chi connectivity index (χ0) is 16.4. The smallest absolute Gasteiger partial charge is 0.243 e. The van der Waals surface area contributed by atoms with Gasteiger partial charge in [0, 0.05) is 22.7 Å². The molecule has 0 bridgehead atoms. The predicted octanol–water partition coefficient (Wildman–Crippen LogP) is 1.59. The molecule has 0 aromatic heterocycles. The molecule has 0 heterocycles. The van der Waals surface area contributed by atoms with Gasteiger partial charge in [-0.05, 0) is 40.1 Å². The number of hydrogen-bond acceptors (Lipinski definition) is 4. The number of hydrogen-bond donors (Lipinski definition) is 2. The molecule has 1 aromatic rings. The van der Waals surface area contributed by atoms with Crippen molar-refractivity contribution in [1.29, 1.82) is 0 Å². The van der Waals surface area contributed by atoms with Gasteiger partial charge in [0.2, 0.25) is 10.0 Å². The first kappa shape index (κ1) is 18.3. The fraction of sp³-hybridized carbons (Fsp3) is 0.538. The van der Waals surface area contributed by atoms with Gasteiger partial charge < -0.3 is 10.0 Å². The van der Waals surface area contributed by atoms with Gasteiger partial charge in [0.15, 0.2) is 0 Å². The van der Waals surface area contributed by atoms with Gasteiger partial charge in [-0.3, -0.25) is 0 Å². The van der Waals surface area contributed by atoms with Gasteiger partial charge in [-0.2, -0.15) is 0 Å². The summed E-state index contributed by atoms with van der Waals surface area (Å²) in [4.78, 5) is 1.29. The molecule has 120 valence electrons. The van der Waals surface area contributed by atoms with Crippen molar-refractivity contribution in [3.63, 3.8) is 0 Å². The average Bonchev–Trinajstić information content (AvgIpc) is 2.38. The lowest BCUT2D eigenvalue weighted by Crippen LogP contribution is -2.48. The highest BCUT2D eigenvalue weighted by Gasteiger charge is 2.27. The van der Waals surface area contributed by atoms with Crippen LogP contribution in [0.3, 0.4) is 0 Å². The van der Waals surface area contributed by atoms with E-state index in [1.165, 1.54) is 6.07 Å². The number of nitrogens with one attached hydrogen (secondary N) is 1. The second-order valence-electron chi connectivity index (χ2n) is 5.57. The highest BCUT2D eigenvalue weighted by Crippen LogP contribution is 2.24. The molecule has 0 aliphatic carbocycles. The molecule has 0 spiro atoms. The second kappa shape index (κ2) is 6.58. The number of benzene rings is 1. The van der Waals surface area contributed by atoms with E-state index in [0.717, 1.165) is 6.07 Å². The molecule has 8 heteroatoms. The van der Waals surface area contributed by atoms with Gasteiger partial charge in [0.25, 0.3) is 0 Å². The van der Waals surface area contributed by atoms with E-state index >= 15 is 0 Å². The molecule has 2 N–H and O–H groups in total. The van der Waals surface area contributed by atoms with Crippen molar-refractivity contribution in [1.82, 2.24) is 9.62 Å². The van der Waals surface area contributed by atoms with Crippen LogP contribution >= 0.6 is 11.6 Å². The topological polar surface area (TPSA) is 69.6 Å². The number of aliphatic hydroxyl groups is 1. The third-order valence-corrected chi connectivity index (χ3v) is 5.06. The third kappa shape index (κ3) is 4.37. The summed E-state index contributed by atoms with van der Waals surface area (Å²) in [7, 11) is -0.425. The summed E-state index contributed by atoms with van der Waals surface area (Å²) in [6.07, 6.45) is 0. The SMILES string of the molecule is CN(C)C(C)(C)CNS(=O)(=O)c1cc(Cl)cc(CO)c1F. The molecule has 0 saturated heterocycles. The molecule has 21 heavy (non-hydrogen) atoms. The molecule has 0 saturated carbocycles. The maximum Gasteiger partial charge on any atom is 0.243 e. The second-order valence-corrected chi connectivity index (χ2v) is 7.74. The third-order valence-electron chi connectivity index (χ3n) is 3.44. The number of rotatable bonds is 6. The molecule has 1 aromatic carbocycles. The molecule has 0 radical (unpaired) electrons. The van der Waals surface area contributed by atoms with Gasteiger partial charge in [0.05, 0.1) is 6.61 Å². The standard InChI is InChI=1S/C13H20ClFN2O3S/c1-13(2,17(3)4)8-16-21(19,20)11-6-10(14)5-9(7-18)12(11)15/h5-6,16,18H,7-8H2,1-4H3. The lowest BCUT2D eigenvalue weighted by molar-refractivity contribution is 0.198. The van der Waals surface area contributed by atoms with Gasteiger partial charge >= 0.3 is 0 Å². The molecule has 0 aliphatic heterocycles. The highest BCUT2D eigenvalue weighted by atomic mass is 35.5. The largest absolute Gasteiger partial charge is 0.392 e. The summed E-state index contributed by atoms with van der Waals surface area (Å²) >= 11 is 5.77. The molecule has 1 rings (SSSR count). The quantitative estimate of drug-likeness (QED) is 0.826. The predicted molar refractivity (Wildman–Crippen MR) is 80.3 cm³/mol. The Morgan fingerprint density at radius 2 is 1.95 bits per heavy atom. The minimum Gasteiger partial charge on any atom is -0.392 e. The first-order valence-corrected chi connectivity index (χ1v) is 8.13. The van der Waals surface area contributed by atoms with Crippen molar-refractivity contribution in [2.24, 2.45) is 0 Å². The zero-order valence-corrected chi connectivity index (χ0v) is 14.0. The van der Waals surface area contributed by atoms with Crippen molar-refractivity contribution < 1.29 is 17.9 Å². The van der Waals surface area contributed by atoms with Gasteiger partial charge in [-0.25, -0.2) is 17.5 Å². The van der Waals surface area contributed by atoms with E-state index < -0.39 is 32.9 Å². The van der Waals surface area contributed by atoms with E-state index in [-0.39, 0.29) is 17.1 Å². The van der Waals surface area contributed by atoms with Gasteiger partial charge in [0.1, 0.15) is 10.7 Å². The maximum atomic E-state index is 14.1. The van der Waals surface area contributed by atoms with Crippen molar-refractivity contribution in [2.75, 3.05) is 20.6 Å². The average molecular weight is 339 g/mol. The Balaban J connectivity index is 3.12. The number of sulfonamides is 1. The Hall–Kier alpha value is -0.730. The molecule has 0 amide bonds. The van der Waals surface area contributed by atoms with Crippen molar-refractivity contribution in [3.8, 4) is 0 Å². The molecule has 0 aliphatic rings. The van der Waals surface area contributed by atoms with E-state index in [1.54, 1.807) is 0 Å². The van der Waals surface area contributed by atoms with Crippen LogP contribution < -0.4 is 4.72 Å². The number of halogens is 2. The van der Waals surface area contributed by atoms with Crippen LogP contribution in [-0.4, -0.2) is 44.6 Å². The monoisotopic (exact) mass is 338 g/mol. The summed E-state index contributed by atoms with van der Waals surface area (Å²) in [6, 6.07) is 2.22. The van der Waals surface area contributed by atoms with Crippen LogP contribution in [0.2, 0.25) is 5.02 Å². The first-order chi connectivity index (χ1) is 9.51. The van der Waals surface area contributed by atoms with Crippen LogP contribution in [0.5, 0.6) is 0 Å². The van der Waals surface area contributed by atoms with Crippen LogP contribution in [-0.2, 0) is 16.6 Å². The Kier molecular flexibility index (Phi) is 5.74. The van der Waals surface area contributed by atoms with Crippen LogP contribution in [0, 0.1) is 5.82 Å². The number of nitrogens with zero attached hydrogens (tertiary/aromatic N) is 1. The Bertz CT molecular complexity index is 618. The molecule has 5 nitrogen and oxygen atoms in total. The summed E-state index contributed by atoms with van der Waals surface area (Å²) in [6.45, 7) is 3.17. The van der Waals surface area contributed by atoms with Gasteiger partial charge in [-0.15, -0.1) is 0 Å². The summed E-state index contributed by atoms with van der Waals surface area (Å²) in [5.74, 6) is -0.989. The van der Waals surface area contributed by atoms with E-state index in [1.807, 2.05) is 32.8 Å². The first-order valence-electron chi connectivity index (χ1n) is 6.27. The lowest BCUT2D eigenvalue weighted by Gasteiger charge is -2.32. The van der Waals surface area contributed by atoms with E-state index in [2.05, 4.69) is 4.72 Å². The molecule has 0 atom stereocenters. The van der Waals surface area contributed by atoms with Crippen molar-refractivity contribution in [2.45, 2.75) is 30.9 Å². The summed E-state index contributed by atoms with van der Waals surface area (Å²) < 4.78 is 40.9. The number of aliphatic hydroxyl groups excluding tert-OH is 1. The van der Waals surface area contributed by atoms with Crippen molar-refractivity contribution >= 4 is 21.6 Å².